The van der Waals surface area contributed by atoms with E-state index < -0.39 is 29.7 Å². The van der Waals surface area contributed by atoms with Crippen molar-refractivity contribution in [3.8, 4) is 0 Å². The van der Waals surface area contributed by atoms with Gasteiger partial charge < -0.3 is 10.0 Å². The zero-order valence-corrected chi connectivity index (χ0v) is 15.4. The first-order valence-corrected chi connectivity index (χ1v) is 9.01. The summed E-state index contributed by atoms with van der Waals surface area (Å²) in [5.74, 6) is -1.85. The number of rotatable bonds is 6. The fraction of sp³-hybridized carbons (Fsp3) is 0.474. The summed E-state index contributed by atoms with van der Waals surface area (Å²) in [5, 5.41) is 11.3. The van der Waals surface area contributed by atoms with Crippen molar-refractivity contribution in [1.29, 1.82) is 0 Å². The Hall–Kier alpha value is -2.74. The zero-order valence-electron chi connectivity index (χ0n) is 15.4. The van der Waals surface area contributed by atoms with E-state index in [0.29, 0.717) is 6.54 Å². The Bertz CT molecular complexity index is 807. The van der Waals surface area contributed by atoms with E-state index in [4.69, 9.17) is 5.11 Å². The molecule has 2 aliphatic rings. The van der Waals surface area contributed by atoms with E-state index in [1.54, 1.807) is 18.2 Å². The largest absolute Gasteiger partial charge is 0.396 e. The second kappa shape index (κ2) is 7.48. The summed E-state index contributed by atoms with van der Waals surface area (Å²) in [5.41, 5.74) is 1.32. The quantitative estimate of drug-likeness (QED) is 0.705. The van der Waals surface area contributed by atoms with Crippen molar-refractivity contribution >= 4 is 29.3 Å². The number of hydrogen-bond acceptors (Lipinski definition) is 6. The highest BCUT2D eigenvalue weighted by molar-refractivity contribution is 6.23. The lowest BCUT2D eigenvalue weighted by Gasteiger charge is -2.27. The van der Waals surface area contributed by atoms with E-state index in [9.17, 15) is 19.2 Å². The third kappa shape index (κ3) is 3.57. The summed E-state index contributed by atoms with van der Waals surface area (Å²) < 4.78 is 0. The molecule has 1 aromatic carbocycles. The number of anilines is 1. The Balaban J connectivity index is 1.80. The molecule has 2 atom stereocenters. The first kappa shape index (κ1) is 19.0. The number of imide groups is 2. The van der Waals surface area contributed by atoms with Crippen LogP contribution in [-0.2, 0) is 9.59 Å². The van der Waals surface area contributed by atoms with Crippen molar-refractivity contribution in [2.75, 3.05) is 25.1 Å². The van der Waals surface area contributed by atoms with Gasteiger partial charge in [0, 0.05) is 32.3 Å². The molecule has 1 fully saturated rings. The van der Waals surface area contributed by atoms with Gasteiger partial charge in [0.2, 0.25) is 11.8 Å². The number of fused-ring (bicyclic) bond motifs is 1. The predicted octanol–water partition coefficient (Wildman–Crippen LogP) is 0.542. The third-order valence-electron chi connectivity index (χ3n) is 5.13. The Morgan fingerprint density at radius 3 is 2.59 bits per heavy atom. The Kier molecular flexibility index (Phi) is 5.27. The zero-order chi connectivity index (χ0) is 19.7. The SMILES string of the molecule is CC(CO)CCN(C)c1ccc2c(c1)C(=O)N(C1CCC(=O)NC1=O)C2=O. The molecule has 8 nitrogen and oxygen atoms in total. The number of hydrogen-bond donors (Lipinski definition) is 2. The highest BCUT2D eigenvalue weighted by Crippen LogP contribution is 2.30. The first-order chi connectivity index (χ1) is 12.8. The van der Waals surface area contributed by atoms with Gasteiger partial charge in [-0.15, -0.1) is 0 Å². The van der Waals surface area contributed by atoms with Crippen LogP contribution < -0.4 is 10.2 Å². The van der Waals surface area contributed by atoms with Gasteiger partial charge >= 0.3 is 0 Å². The van der Waals surface area contributed by atoms with Gasteiger partial charge in [-0.1, -0.05) is 6.92 Å². The maximum atomic E-state index is 12.8. The number of benzene rings is 1. The maximum absolute atomic E-state index is 12.8. The molecular weight excluding hydrogens is 350 g/mol. The normalized spacial score (nSPS) is 20.6. The maximum Gasteiger partial charge on any atom is 0.262 e. The molecule has 27 heavy (non-hydrogen) atoms. The van der Waals surface area contributed by atoms with Gasteiger partial charge in [-0.05, 0) is 37.0 Å². The molecule has 0 bridgehead atoms. The van der Waals surface area contributed by atoms with Gasteiger partial charge in [-0.25, -0.2) is 0 Å². The van der Waals surface area contributed by atoms with Gasteiger partial charge in [0.1, 0.15) is 6.04 Å². The lowest BCUT2D eigenvalue weighted by Crippen LogP contribution is -2.54. The number of piperidine rings is 1. The molecule has 144 valence electrons. The minimum absolute atomic E-state index is 0.0981. The van der Waals surface area contributed by atoms with Crippen molar-refractivity contribution in [1.82, 2.24) is 10.2 Å². The average molecular weight is 373 g/mol. The van der Waals surface area contributed by atoms with Gasteiger partial charge in [-0.3, -0.25) is 29.4 Å². The van der Waals surface area contributed by atoms with Crippen molar-refractivity contribution in [2.45, 2.75) is 32.2 Å². The molecule has 0 spiro atoms. The Labute approximate surface area is 157 Å². The predicted molar refractivity (Wildman–Crippen MR) is 97.3 cm³/mol. The van der Waals surface area contributed by atoms with Crippen LogP contribution in [0.4, 0.5) is 5.69 Å². The van der Waals surface area contributed by atoms with E-state index in [1.165, 1.54) is 0 Å². The van der Waals surface area contributed by atoms with Crippen molar-refractivity contribution < 1.29 is 24.3 Å². The molecule has 0 saturated carbocycles. The Morgan fingerprint density at radius 2 is 1.93 bits per heavy atom. The lowest BCUT2D eigenvalue weighted by molar-refractivity contribution is -0.136. The van der Waals surface area contributed by atoms with Crippen LogP contribution in [0.25, 0.3) is 0 Å². The van der Waals surface area contributed by atoms with Crippen LogP contribution in [0, 0.1) is 5.92 Å². The van der Waals surface area contributed by atoms with Gasteiger partial charge in [-0.2, -0.15) is 0 Å². The second-order valence-electron chi connectivity index (χ2n) is 7.18. The fourth-order valence-corrected chi connectivity index (χ4v) is 3.33. The number of aliphatic hydroxyl groups is 1. The van der Waals surface area contributed by atoms with Crippen LogP contribution in [0.3, 0.4) is 0 Å². The third-order valence-corrected chi connectivity index (χ3v) is 5.13. The van der Waals surface area contributed by atoms with Crippen molar-refractivity contribution in [2.24, 2.45) is 5.92 Å². The van der Waals surface area contributed by atoms with Crippen LogP contribution >= 0.6 is 0 Å². The van der Waals surface area contributed by atoms with Crippen molar-refractivity contribution in [3.05, 3.63) is 29.3 Å². The minimum atomic E-state index is -0.957. The summed E-state index contributed by atoms with van der Waals surface area (Å²) in [6.45, 7) is 2.77. The van der Waals surface area contributed by atoms with Gasteiger partial charge in [0.05, 0.1) is 11.1 Å². The molecular formula is C19H23N3O5. The number of carbonyl (C=O) groups is 4. The van der Waals surface area contributed by atoms with E-state index in [-0.39, 0.29) is 36.5 Å². The molecule has 3 rings (SSSR count). The summed E-state index contributed by atoms with van der Waals surface area (Å²) in [4.78, 5) is 51.8. The lowest BCUT2D eigenvalue weighted by atomic mass is 10.0. The van der Waals surface area contributed by atoms with Crippen LogP contribution in [0.1, 0.15) is 46.9 Å². The van der Waals surface area contributed by atoms with E-state index in [0.717, 1.165) is 17.0 Å². The summed E-state index contributed by atoms with van der Waals surface area (Å²) in [7, 11) is 1.88. The molecule has 0 aromatic heterocycles. The van der Waals surface area contributed by atoms with Gasteiger partial charge in [0.15, 0.2) is 0 Å². The van der Waals surface area contributed by atoms with E-state index in [1.807, 2.05) is 18.9 Å². The first-order valence-electron chi connectivity index (χ1n) is 9.01. The number of nitrogens with zero attached hydrogens (tertiary/aromatic N) is 2. The number of nitrogens with one attached hydrogen (secondary N) is 1. The molecule has 2 heterocycles. The van der Waals surface area contributed by atoms with Crippen LogP contribution in [0.5, 0.6) is 0 Å². The van der Waals surface area contributed by atoms with Gasteiger partial charge in [0.25, 0.3) is 11.8 Å². The fourth-order valence-electron chi connectivity index (χ4n) is 3.33. The molecule has 0 radical (unpaired) electrons. The highest BCUT2D eigenvalue weighted by atomic mass is 16.3. The smallest absolute Gasteiger partial charge is 0.262 e. The number of carbonyl (C=O) groups excluding carboxylic acids is 4. The highest BCUT2D eigenvalue weighted by Gasteiger charge is 2.44. The summed E-state index contributed by atoms with van der Waals surface area (Å²) in [6, 6.07) is 4.07. The van der Waals surface area contributed by atoms with Crippen LogP contribution in [-0.4, -0.2) is 59.9 Å². The second-order valence-corrected chi connectivity index (χ2v) is 7.18. The molecule has 1 saturated heterocycles. The Morgan fingerprint density at radius 1 is 1.22 bits per heavy atom. The average Bonchev–Trinajstić information content (AvgIpc) is 2.90. The minimum Gasteiger partial charge on any atom is -0.396 e. The summed E-state index contributed by atoms with van der Waals surface area (Å²) >= 11 is 0. The number of amides is 4. The molecule has 2 unspecified atom stereocenters. The molecule has 4 amide bonds. The molecule has 0 aliphatic carbocycles. The summed E-state index contributed by atoms with van der Waals surface area (Å²) in [6.07, 6.45) is 1.03. The standard InChI is InChI=1S/C19H23N3O5/c1-11(10-23)7-8-21(2)12-3-4-13-14(9-12)19(27)22(18(13)26)15-5-6-16(24)20-17(15)25/h3-4,9,11,15,23H,5-8,10H2,1-2H3,(H,20,24,25). The van der Waals surface area contributed by atoms with Crippen molar-refractivity contribution in [3.63, 3.8) is 0 Å². The van der Waals surface area contributed by atoms with Crippen LogP contribution in [0.15, 0.2) is 18.2 Å². The van der Waals surface area contributed by atoms with E-state index >= 15 is 0 Å². The monoisotopic (exact) mass is 373 g/mol. The van der Waals surface area contributed by atoms with Crippen LogP contribution in [0.2, 0.25) is 0 Å². The molecule has 2 N–H and O–H groups in total. The van der Waals surface area contributed by atoms with E-state index in [2.05, 4.69) is 5.32 Å². The topological polar surface area (TPSA) is 107 Å². The molecule has 8 heteroatoms. The number of aliphatic hydroxyl groups excluding tert-OH is 1. The molecule has 1 aromatic rings. The molecule has 2 aliphatic heterocycles.